The maximum absolute atomic E-state index is 3.44. The van der Waals surface area contributed by atoms with Gasteiger partial charge in [0.15, 0.2) is 0 Å². The summed E-state index contributed by atoms with van der Waals surface area (Å²) < 4.78 is 0. The zero-order chi connectivity index (χ0) is 7.73. The number of allylic oxidation sites excluding steroid dienone is 4. The zero-order valence-corrected chi connectivity index (χ0v) is 12.4. The molecule has 0 saturated heterocycles. The molecule has 1 radical (unpaired) electrons. The molecule has 2 aliphatic rings. The zero-order valence-electron chi connectivity index (χ0n) is 8.45. The van der Waals surface area contributed by atoms with E-state index in [0.717, 1.165) is 6.42 Å². The van der Waals surface area contributed by atoms with Crippen LogP contribution in [0.15, 0.2) is 17.7 Å². The van der Waals surface area contributed by atoms with Gasteiger partial charge in [-0.15, -0.1) is 6.42 Å². The number of halogens is 2. The molecule has 0 spiro atoms. The van der Waals surface area contributed by atoms with Gasteiger partial charge in [0.25, 0.3) is 0 Å². The third-order valence-electron chi connectivity index (χ3n) is 3.05. The van der Waals surface area contributed by atoms with Crippen molar-refractivity contribution in [1.29, 1.82) is 0 Å². The van der Waals surface area contributed by atoms with Gasteiger partial charge >= 0.3 is 26.2 Å². The summed E-state index contributed by atoms with van der Waals surface area (Å²) in [5.41, 5.74) is 1.97. The summed E-state index contributed by atoms with van der Waals surface area (Å²) in [6.45, 7) is 2.39. The van der Waals surface area contributed by atoms with Crippen LogP contribution in [0.3, 0.4) is 0 Å². The van der Waals surface area contributed by atoms with Crippen molar-refractivity contribution in [2.75, 3.05) is 0 Å². The van der Waals surface area contributed by atoms with Gasteiger partial charge in [0.1, 0.15) is 0 Å². The number of hydrogen-bond acceptors (Lipinski definition) is 0. The van der Waals surface area contributed by atoms with Gasteiger partial charge in [0.05, 0.1) is 0 Å². The Labute approximate surface area is 119 Å². The van der Waals surface area contributed by atoms with Crippen molar-refractivity contribution in [3.8, 4) is 0 Å². The van der Waals surface area contributed by atoms with Crippen LogP contribution in [0, 0.1) is 11.5 Å². The van der Waals surface area contributed by atoms with E-state index in [1.807, 2.05) is 0 Å². The molecule has 0 unspecified atom stereocenters. The van der Waals surface area contributed by atoms with Gasteiger partial charge in [-0.2, -0.15) is 6.08 Å². The Hall–Kier alpha value is 0.943. The van der Waals surface area contributed by atoms with E-state index in [9.17, 15) is 0 Å². The van der Waals surface area contributed by atoms with Crippen LogP contribution in [0.25, 0.3) is 0 Å². The summed E-state index contributed by atoms with van der Waals surface area (Å²) in [6, 6.07) is 0. The SMILES string of the molecule is CC1(C2=[C-]CC=C2)CCCC1.[Cl-].[Cl-].[Zr+3]. The summed E-state index contributed by atoms with van der Waals surface area (Å²) in [6.07, 6.45) is 14.6. The van der Waals surface area contributed by atoms with E-state index in [1.165, 1.54) is 31.3 Å². The minimum atomic E-state index is 0. The summed E-state index contributed by atoms with van der Waals surface area (Å²) >= 11 is 0. The maximum Gasteiger partial charge on any atom is 3.00 e. The molecule has 1 saturated carbocycles. The third kappa shape index (κ3) is 3.51. The Morgan fingerprint density at radius 3 is 2.21 bits per heavy atom. The van der Waals surface area contributed by atoms with Crippen LogP contribution < -0.4 is 24.8 Å². The van der Waals surface area contributed by atoms with Crippen LogP contribution in [0.2, 0.25) is 0 Å². The maximum atomic E-state index is 3.44. The second kappa shape index (κ2) is 7.26. The molecule has 2 aliphatic carbocycles. The fourth-order valence-electron chi connectivity index (χ4n) is 2.24. The summed E-state index contributed by atoms with van der Waals surface area (Å²) in [7, 11) is 0. The molecule has 0 atom stereocenters. The van der Waals surface area contributed by atoms with Gasteiger partial charge in [-0.05, 0) is 18.3 Å². The normalized spacial score (nSPS) is 21.6. The van der Waals surface area contributed by atoms with Crippen LogP contribution >= 0.6 is 0 Å². The van der Waals surface area contributed by atoms with Crippen molar-refractivity contribution in [2.24, 2.45) is 5.41 Å². The molecule has 0 heterocycles. The number of rotatable bonds is 1. The third-order valence-corrected chi connectivity index (χ3v) is 3.05. The first-order valence-electron chi connectivity index (χ1n) is 4.59. The molecular weight excluding hydrogens is 294 g/mol. The molecule has 14 heavy (non-hydrogen) atoms. The van der Waals surface area contributed by atoms with Crippen LogP contribution in [0.1, 0.15) is 39.0 Å². The van der Waals surface area contributed by atoms with Gasteiger partial charge in [0.2, 0.25) is 0 Å². The average Bonchev–Trinajstić information content (AvgIpc) is 2.55. The van der Waals surface area contributed by atoms with Crippen LogP contribution in [0.4, 0.5) is 0 Å². The van der Waals surface area contributed by atoms with Gasteiger partial charge in [-0.1, -0.05) is 19.8 Å². The van der Waals surface area contributed by atoms with Gasteiger partial charge in [-0.25, -0.2) is 11.6 Å². The molecule has 0 aromatic heterocycles. The quantitative estimate of drug-likeness (QED) is 0.461. The molecule has 0 bridgehead atoms. The molecular formula is C11H15Cl2Zr. The standard InChI is InChI=1S/C11H15.2ClH.Zr/c1-11(8-4-5-9-11)10-6-2-3-7-10;;;/h2,6H,3-5,8-9H2,1H3;2*1H;/q-1;;;+3/p-2. The fourth-order valence-corrected chi connectivity index (χ4v) is 2.24. The minimum Gasteiger partial charge on any atom is -1.00 e. The molecule has 77 valence electrons. The van der Waals surface area contributed by atoms with Crippen LogP contribution in [0.5, 0.6) is 0 Å². The molecule has 0 aliphatic heterocycles. The largest absolute Gasteiger partial charge is 3.00 e. The van der Waals surface area contributed by atoms with E-state index in [2.05, 4.69) is 25.2 Å². The van der Waals surface area contributed by atoms with Gasteiger partial charge < -0.3 is 24.8 Å². The first-order chi connectivity index (χ1) is 5.31. The first-order valence-corrected chi connectivity index (χ1v) is 4.59. The summed E-state index contributed by atoms with van der Waals surface area (Å²) in [4.78, 5) is 0. The van der Waals surface area contributed by atoms with E-state index < -0.39 is 0 Å². The predicted molar refractivity (Wildman–Crippen MR) is 47.1 cm³/mol. The second-order valence-corrected chi connectivity index (χ2v) is 3.96. The van der Waals surface area contributed by atoms with Crippen LogP contribution in [-0.2, 0) is 26.2 Å². The number of hydrogen-bond donors (Lipinski definition) is 0. The van der Waals surface area contributed by atoms with Crippen molar-refractivity contribution in [3.05, 3.63) is 23.8 Å². The Kier molecular flexibility index (Phi) is 8.99. The van der Waals surface area contributed by atoms with Crippen molar-refractivity contribution in [1.82, 2.24) is 0 Å². The molecule has 0 aromatic carbocycles. The topological polar surface area (TPSA) is 0 Å². The minimum absolute atomic E-state index is 0. The Balaban J connectivity index is 0. The van der Waals surface area contributed by atoms with Crippen molar-refractivity contribution >= 4 is 0 Å². The Morgan fingerprint density at radius 1 is 1.21 bits per heavy atom. The van der Waals surface area contributed by atoms with Crippen molar-refractivity contribution in [3.63, 3.8) is 0 Å². The van der Waals surface area contributed by atoms with E-state index in [4.69, 9.17) is 0 Å². The average molecular weight is 309 g/mol. The molecule has 0 nitrogen and oxygen atoms in total. The Morgan fingerprint density at radius 2 is 1.79 bits per heavy atom. The van der Waals surface area contributed by atoms with Crippen molar-refractivity contribution in [2.45, 2.75) is 39.0 Å². The molecule has 0 aromatic rings. The molecule has 2 rings (SSSR count). The van der Waals surface area contributed by atoms with E-state index in [1.54, 1.807) is 0 Å². The summed E-state index contributed by atoms with van der Waals surface area (Å²) in [5, 5.41) is 0. The van der Waals surface area contributed by atoms with Gasteiger partial charge in [0, 0.05) is 0 Å². The summed E-state index contributed by atoms with van der Waals surface area (Å²) in [5.74, 6) is 0. The van der Waals surface area contributed by atoms with Crippen molar-refractivity contribution < 1.29 is 51.0 Å². The van der Waals surface area contributed by atoms with E-state index >= 15 is 0 Å². The van der Waals surface area contributed by atoms with E-state index in [-0.39, 0.29) is 51.0 Å². The smallest absolute Gasteiger partial charge is 1.00 e. The van der Waals surface area contributed by atoms with Crippen LogP contribution in [-0.4, -0.2) is 0 Å². The molecule has 0 amide bonds. The Bertz CT molecular complexity index is 215. The molecule has 1 fully saturated rings. The predicted octanol–water partition coefficient (Wildman–Crippen LogP) is -2.74. The van der Waals surface area contributed by atoms with Gasteiger partial charge in [-0.3, -0.25) is 6.08 Å². The second-order valence-electron chi connectivity index (χ2n) is 3.96. The fraction of sp³-hybridized carbons (Fsp3) is 0.636. The first kappa shape index (κ1) is 17.3. The van der Waals surface area contributed by atoms with E-state index in [0.29, 0.717) is 5.41 Å². The monoisotopic (exact) mass is 307 g/mol. The molecule has 3 heteroatoms. The molecule has 0 N–H and O–H groups in total.